The summed E-state index contributed by atoms with van der Waals surface area (Å²) in [5, 5.41) is 11.8. The van der Waals surface area contributed by atoms with E-state index >= 15 is 0 Å². The van der Waals surface area contributed by atoms with Gasteiger partial charge in [-0.05, 0) is 37.8 Å². The van der Waals surface area contributed by atoms with Gasteiger partial charge in [0.05, 0.1) is 6.61 Å². The Hall–Kier alpha value is -0.930. The molecule has 0 aromatic carbocycles. The van der Waals surface area contributed by atoms with Crippen molar-refractivity contribution in [3.8, 4) is 0 Å². The molecule has 3 nitrogen and oxygen atoms in total. The predicted octanol–water partition coefficient (Wildman–Crippen LogP) is 2.54. The Morgan fingerprint density at radius 1 is 1.41 bits per heavy atom. The summed E-state index contributed by atoms with van der Waals surface area (Å²) < 4.78 is 0. The molecule has 98 valence electrons. The number of nitrogens with zero attached hydrogens (tertiary/aromatic N) is 1. The highest BCUT2D eigenvalue weighted by Gasteiger charge is 2.06. The van der Waals surface area contributed by atoms with E-state index in [1.165, 1.54) is 0 Å². The third-order valence-electron chi connectivity index (χ3n) is 2.61. The highest BCUT2D eigenvalue weighted by atomic mass is 16.3. The maximum absolute atomic E-state index is 8.65. The van der Waals surface area contributed by atoms with Gasteiger partial charge in [0, 0.05) is 18.5 Å². The van der Waals surface area contributed by atoms with Gasteiger partial charge in [0.15, 0.2) is 0 Å². The average Bonchev–Trinajstić information content (AvgIpc) is 2.30. The predicted molar refractivity (Wildman–Crippen MR) is 75.4 cm³/mol. The smallest absolute Gasteiger partial charge is 0.0555 e. The molecule has 0 heterocycles. The van der Waals surface area contributed by atoms with Gasteiger partial charge in [-0.3, -0.25) is 4.99 Å². The van der Waals surface area contributed by atoms with E-state index < -0.39 is 0 Å². The molecule has 0 aliphatic heterocycles. The monoisotopic (exact) mass is 238 g/mol. The van der Waals surface area contributed by atoms with Gasteiger partial charge in [-0.1, -0.05) is 26.5 Å². The molecule has 0 fully saturated rings. The summed E-state index contributed by atoms with van der Waals surface area (Å²) in [5.41, 5.74) is 1.87. The van der Waals surface area contributed by atoms with Crippen molar-refractivity contribution in [2.45, 2.75) is 33.1 Å². The largest absolute Gasteiger partial charge is 0.395 e. The number of aliphatic hydroxyl groups is 1. The molecule has 2 N–H and O–H groups in total. The van der Waals surface area contributed by atoms with Crippen LogP contribution in [0.4, 0.5) is 0 Å². The molecule has 0 bridgehead atoms. The van der Waals surface area contributed by atoms with Crippen molar-refractivity contribution in [1.29, 1.82) is 0 Å². The summed E-state index contributed by atoms with van der Waals surface area (Å²) in [6.07, 6.45) is 5.04. The second kappa shape index (κ2) is 10.2. The van der Waals surface area contributed by atoms with Gasteiger partial charge in [-0.25, -0.2) is 0 Å². The van der Waals surface area contributed by atoms with Crippen molar-refractivity contribution in [3.05, 3.63) is 24.4 Å². The van der Waals surface area contributed by atoms with E-state index in [-0.39, 0.29) is 6.61 Å². The first-order valence-corrected chi connectivity index (χ1v) is 6.29. The van der Waals surface area contributed by atoms with Crippen LogP contribution in [0, 0.1) is 5.92 Å². The quantitative estimate of drug-likeness (QED) is 0.454. The Balaban J connectivity index is 3.87. The van der Waals surface area contributed by atoms with Gasteiger partial charge >= 0.3 is 0 Å². The van der Waals surface area contributed by atoms with Crippen LogP contribution in [0.1, 0.15) is 33.1 Å². The fourth-order valence-corrected chi connectivity index (χ4v) is 1.59. The van der Waals surface area contributed by atoms with Gasteiger partial charge in [0.2, 0.25) is 0 Å². The summed E-state index contributed by atoms with van der Waals surface area (Å²) in [7, 11) is 0. The van der Waals surface area contributed by atoms with Crippen LogP contribution in [0.25, 0.3) is 0 Å². The molecule has 0 rings (SSSR count). The third-order valence-corrected chi connectivity index (χ3v) is 2.61. The van der Waals surface area contributed by atoms with E-state index in [1.54, 1.807) is 0 Å². The Bertz CT molecular complexity index is 259. The highest BCUT2D eigenvalue weighted by molar-refractivity contribution is 5.78. The molecule has 17 heavy (non-hydrogen) atoms. The zero-order chi connectivity index (χ0) is 13.1. The SMILES string of the molecule is C=C(C=NC(=C)C)CC(CC)CCNCCO. The minimum atomic E-state index is 0.203. The molecule has 1 unspecified atom stereocenters. The van der Waals surface area contributed by atoms with E-state index in [9.17, 15) is 0 Å². The van der Waals surface area contributed by atoms with E-state index in [4.69, 9.17) is 5.11 Å². The van der Waals surface area contributed by atoms with Gasteiger partial charge in [-0.15, -0.1) is 0 Å². The lowest BCUT2D eigenvalue weighted by atomic mass is 9.95. The van der Waals surface area contributed by atoms with Crippen molar-refractivity contribution < 1.29 is 5.11 Å². The van der Waals surface area contributed by atoms with Crippen LogP contribution in [0.3, 0.4) is 0 Å². The average molecular weight is 238 g/mol. The number of rotatable bonds is 10. The van der Waals surface area contributed by atoms with Crippen LogP contribution in [-0.2, 0) is 0 Å². The van der Waals surface area contributed by atoms with Crippen molar-refractivity contribution in [2.75, 3.05) is 19.7 Å². The number of nitrogens with one attached hydrogen (secondary N) is 1. The van der Waals surface area contributed by atoms with Gasteiger partial charge in [0.25, 0.3) is 0 Å². The summed E-state index contributed by atoms with van der Waals surface area (Å²) >= 11 is 0. The third kappa shape index (κ3) is 9.97. The second-order valence-electron chi connectivity index (χ2n) is 4.39. The van der Waals surface area contributed by atoms with Gasteiger partial charge < -0.3 is 10.4 Å². The Morgan fingerprint density at radius 2 is 2.12 bits per heavy atom. The number of hydrogen-bond donors (Lipinski definition) is 2. The first-order valence-electron chi connectivity index (χ1n) is 6.29. The van der Waals surface area contributed by atoms with E-state index in [1.807, 2.05) is 13.1 Å². The van der Waals surface area contributed by atoms with Crippen molar-refractivity contribution in [1.82, 2.24) is 5.32 Å². The van der Waals surface area contributed by atoms with Crippen LogP contribution < -0.4 is 5.32 Å². The van der Waals surface area contributed by atoms with Crippen LogP contribution >= 0.6 is 0 Å². The van der Waals surface area contributed by atoms with Crippen LogP contribution in [0.2, 0.25) is 0 Å². The minimum absolute atomic E-state index is 0.203. The molecular formula is C14H26N2O. The van der Waals surface area contributed by atoms with Crippen LogP contribution in [-0.4, -0.2) is 31.0 Å². The molecule has 0 saturated heterocycles. The summed E-state index contributed by atoms with van der Waals surface area (Å²) in [4.78, 5) is 4.15. The van der Waals surface area contributed by atoms with E-state index in [0.717, 1.165) is 37.1 Å². The van der Waals surface area contributed by atoms with Crippen molar-refractivity contribution in [2.24, 2.45) is 10.9 Å². The molecule has 0 aromatic heterocycles. The number of aliphatic imine (C=N–C) groups is 1. The molecule has 0 radical (unpaired) electrons. The first kappa shape index (κ1) is 16.1. The molecule has 0 spiro atoms. The number of allylic oxidation sites excluding steroid dienone is 2. The summed E-state index contributed by atoms with van der Waals surface area (Å²) in [6, 6.07) is 0. The molecule has 0 aliphatic rings. The first-order chi connectivity index (χ1) is 8.10. The number of aliphatic hydroxyl groups excluding tert-OH is 1. The normalized spacial score (nSPS) is 12.9. The molecule has 0 amide bonds. The highest BCUT2D eigenvalue weighted by Crippen LogP contribution is 2.16. The zero-order valence-electron chi connectivity index (χ0n) is 11.2. The zero-order valence-corrected chi connectivity index (χ0v) is 11.2. The Kier molecular flexibility index (Phi) is 9.68. The van der Waals surface area contributed by atoms with Crippen LogP contribution in [0.5, 0.6) is 0 Å². The summed E-state index contributed by atoms with van der Waals surface area (Å²) in [6.45, 7) is 13.6. The molecule has 0 saturated carbocycles. The lowest BCUT2D eigenvalue weighted by Gasteiger charge is -2.14. The second-order valence-corrected chi connectivity index (χ2v) is 4.39. The van der Waals surface area contributed by atoms with Crippen molar-refractivity contribution in [3.63, 3.8) is 0 Å². The van der Waals surface area contributed by atoms with Crippen molar-refractivity contribution >= 4 is 6.21 Å². The minimum Gasteiger partial charge on any atom is -0.395 e. The van der Waals surface area contributed by atoms with E-state index in [2.05, 4.69) is 30.4 Å². The molecular weight excluding hydrogens is 212 g/mol. The lowest BCUT2D eigenvalue weighted by Crippen LogP contribution is -2.21. The van der Waals surface area contributed by atoms with Gasteiger partial charge in [-0.2, -0.15) is 0 Å². The Morgan fingerprint density at radius 3 is 2.65 bits per heavy atom. The van der Waals surface area contributed by atoms with E-state index in [0.29, 0.717) is 12.5 Å². The van der Waals surface area contributed by atoms with Crippen LogP contribution in [0.15, 0.2) is 29.4 Å². The fraction of sp³-hybridized carbons (Fsp3) is 0.643. The topological polar surface area (TPSA) is 44.6 Å². The Labute approximate surface area is 105 Å². The molecule has 0 aromatic rings. The fourth-order valence-electron chi connectivity index (χ4n) is 1.59. The standard InChI is InChI=1S/C14H26N2O/c1-5-14(6-7-15-8-9-17)10-13(4)11-16-12(2)3/h11,14-15,17H,2,4-10H2,1,3H3. The number of hydrogen-bond acceptors (Lipinski definition) is 3. The maximum Gasteiger partial charge on any atom is 0.0555 e. The molecule has 1 atom stereocenters. The molecule has 3 heteroatoms. The molecule has 0 aliphatic carbocycles. The maximum atomic E-state index is 8.65. The lowest BCUT2D eigenvalue weighted by molar-refractivity contribution is 0.290. The van der Waals surface area contributed by atoms with Gasteiger partial charge in [0.1, 0.15) is 0 Å². The summed E-state index contributed by atoms with van der Waals surface area (Å²) in [5.74, 6) is 0.630.